The molecule has 6 nitrogen and oxygen atoms in total. The summed E-state index contributed by atoms with van der Waals surface area (Å²) in [6.07, 6.45) is 1.68. The minimum atomic E-state index is -1.19. The van der Waals surface area contributed by atoms with Gasteiger partial charge in [0.25, 0.3) is 0 Å². The lowest BCUT2D eigenvalue weighted by Gasteiger charge is -2.34. The molecule has 1 aromatic rings. The van der Waals surface area contributed by atoms with Crippen molar-refractivity contribution in [2.75, 3.05) is 18.5 Å². The van der Waals surface area contributed by atoms with Crippen LogP contribution in [-0.2, 0) is 4.74 Å². The zero-order chi connectivity index (χ0) is 15.5. The smallest absolute Gasteiger partial charge is 0.339 e. The molecule has 0 spiro atoms. The number of rotatable bonds is 3. The second-order valence-electron chi connectivity index (χ2n) is 5.26. The van der Waals surface area contributed by atoms with Crippen molar-refractivity contribution in [2.24, 2.45) is 0 Å². The number of nitrogens with one attached hydrogen (secondary N) is 2. The molecule has 0 saturated carbocycles. The number of carbonyl (C=O) groups is 2. The van der Waals surface area contributed by atoms with E-state index < -0.39 is 17.5 Å². The fourth-order valence-electron chi connectivity index (χ4n) is 2.31. The number of hydrogen-bond acceptors (Lipinski definition) is 3. The van der Waals surface area contributed by atoms with Crippen molar-refractivity contribution in [1.29, 1.82) is 0 Å². The highest BCUT2D eigenvalue weighted by atomic mass is 35.5. The minimum absolute atomic E-state index is 0.0764. The Bertz CT molecular complexity index is 556. The van der Waals surface area contributed by atoms with Gasteiger partial charge in [0.1, 0.15) is 5.56 Å². The minimum Gasteiger partial charge on any atom is -0.478 e. The number of benzene rings is 1. The van der Waals surface area contributed by atoms with Crippen LogP contribution >= 0.6 is 11.6 Å². The van der Waals surface area contributed by atoms with Gasteiger partial charge in [0.2, 0.25) is 0 Å². The zero-order valence-corrected chi connectivity index (χ0v) is 12.4. The number of carbonyl (C=O) groups excluding carboxylic acids is 1. The molecule has 1 fully saturated rings. The van der Waals surface area contributed by atoms with Crippen molar-refractivity contribution in [1.82, 2.24) is 5.32 Å². The van der Waals surface area contributed by atoms with Gasteiger partial charge in [0, 0.05) is 6.61 Å². The average Bonchev–Trinajstić information content (AvgIpc) is 2.38. The number of ether oxygens (including phenoxy) is 1. The Kier molecular flexibility index (Phi) is 4.69. The Balaban J connectivity index is 2.09. The van der Waals surface area contributed by atoms with Gasteiger partial charge in [-0.2, -0.15) is 0 Å². The standard InChI is InChI=1S/C14H17ClN2O4/c1-14(6-3-7-21-8-14)17-13(20)16-10-5-2-4-9(15)11(10)12(18)19/h2,4-5H,3,6-8H2,1H3,(H,18,19)(H2,16,17,20). The molecular formula is C14H17ClN2O4. The lowest BCUT2D eigenvalue weighted by molar-refractivity contribution is 0.0342. The van der Waals surface area contributed by atoms with Crippen molar-refractivity contribution >= 4 is 29.3 Å². The Morgan fingerprint density at radius 2 is 2.19 bits per heavy atom. The third-order valence-electron chi connectivity index (χ3n) is 3.33. The molecule has 1 aliphatic heterocycles. The van der Waals surface area contributed by atoms with Crippen LogP contribution in [0.5, 0.6) is 0 Å². The summed E-state index contributed by atoms with van der Waals surface area (Å²) in [5, 5.41) is 14.6. The number of amides is 2. The third-order valence-corrected chi connectivity index (χ3v) is 3.64. The van der Waals surface area contributed by atoms with Crippen molar-refractivity contribution < 1.29 is 19.4 Å². The molecule has 2 rings (SSSR count). The number of carboxylic acids is 1. The summed E-state index contributed by atoms with van der Waals surface area (Å²) in [5.74, 6) is -1.19. The number of carboxylic acid groups (broad SMARTS) is 1. The van der Waals surface area contributed by atoms with E-state index in [1.165, 1.54) is 12.1 Å². The highest BCUT2D eigenvalue weighted by Gasteiger charge is 2.29. The molecule has 1 unspecified atom stereocenters. The van der Waals surface area contributed by atoms with E-state index in [-0.39, 0.29) is 16.3 Å². The molecule has 1 aliphatic rings. The first kappa shape index (κ1) is 15.6. The molecule has 1 atom stereocenters. The van der Waals surface area contributed by atoms with Gasteiger partial charge in [-0.05, 0) is 31.9 Å². The summed E-state index contributed by atoms with van der Waals surface area (Å²) in [6.45, 7) is 3.01. The van der Waals surface area contributed by atoms with Gasteiger partial charge >= 0.3 is 12.0 Å². The van der Waals surface area contributed by atoms with Crippen LogP contribution in [0.4, 0.5) is 10.5 Å². The van der Waals surface area contributed by atoms with Crippen LogP contribution in [0.15, 0.2) is 18.2 Å². The number of urea groups is 1. The Hall–Kier alpha value is -1.79. The van der Waals surface area contributed by atoms with Gasteiger partial charge in [-0.1, -0.05) is 17.7 Å². The molecule has 2 amide bonds. The first-order chi connectivity index (χ1) is 9.91. The lowest BCUT2D eigenvalue weighted by atomic mass is 9.95. The first-order valence-electron chi connectivity index (χ1n) is 6.60. The van der Waals surface area contributed by atoms with E-state index in [2.05, 4.69) is 10.6 Å². The fourth-order valence-corrected chi connectivity index (χ4v) is 2.56. The van der Waals surface area contributed by atoms with E-state index in [0.717, 1.165) is 12.8 Å². The van der Waals surface area contributed by atoms with E-state index in [1.807, 2.05) is 6.92 Å². The topological polar surface area (TPSA) is 87.7 Å². The van der Waals surface area contributed by atoms with E-state index >= 15 is 0 Å². The largest absolute Gasteiger partial charge is 0.478 e. The SMILES string of the molecule is CC1(NC(=O)Nc2cccc(Cl)c2C(=O)O)CCCOC1. The van der Waals surface area contributed by atoms with Crippen LogP contribution in [0.1, 0.15) is 30.1 Å². The highest BCUT2D eigenvalue weighted by molar-refractivity contribution is 6.34. The summed E-state index contributed by atoms with van der Waals surface area (Å²) in [4.78, 5) is 23.3. The van der Waals surface area contributed by atoms with Crippen LogP contribution in [0.3, 0.4) is 0 Å². The Morgan fingerprint density at radius 3 is 2.81 bits per heavy atom. The Morgan fingerprint density at radius 1 is 1.43 bits per heavy atom. The lowest BCUT2D eigenvalue weighted by Crippen LogP contribution is -2.52. The maximum absolute atomic E-state index is 12.1. The van der Waals surface area contributed by atoms with Crippen LogP contribution in [0.25, 0.3) is 0 Å². The van der Waals surface area contributed by atoms with Crippen LogP contribution in [-0.4, -0.2) is 35.9 Å². The van der Waals surface area contributed by atoms with E-state index in [1.54, 1.807) is 6.07 Å². The molecule has 0 aromatic heterocycles. The predicted molar refractivity (Wildman–Crippen MR) is 79.0 cm³/mol. The summed E-state index contributed by atoms with van der Waals surface area (Å²) < 4.78 is 5.36. The van der Waals surface area contributed by atoms with Gasteiger partial charge in [0.05, 0.1) is 22.9 Å². The first-order valence-corrected chi connectivity index (χ1v) is 6.98. The molecular weight excluding hydrogens is 296 g/mol. The van der Waals surface area contributed by atoms with E-state index in [0.29, 0.717) is 13.2 Å². The van der Waals surface area contributed by atoms with Gasteiger partial charge < -0.3 is 20.5 Å². The van der Waals surface area contributed by atoms with E-state index in [4.69, 9.17) is 21.4 Å². The molecule has 1 saturated heterocycles. The zero-order valence-electron chi connectivity index (χ0n) is 11.6. The maximum Gasteiger partial charge on any atom is 0.339 e. The van der Waals surface area contributed by atoms with Gasteiger partial charge in [-0.15, -0.1) is 0 Å². The molecule has 114 valence electrons. The number of anilines is 1. The highest BCUT2D eigenvalue weighted by Crippen LogP contribution is 2.25. The molecule has 0 bridgehead atoms. The fraction of sp³-hybridized carbons (Fsp3) is 0.429. The summed E-state index contributed by atoms with van der Waals surface area (Å²) >= 11 is 5.85. The summed E-state index contributed by atoms with van der Waals surface area (Å²) in [5.41, 5.74) is -0.420. The number of halogens is 1. The molecule has 1 aromatic carbocycles. The molecule has 3 N–H and O–H groups in total. The molecule has 21 heavy (non-hydrogen) atoms. The van der Waals surface area contributed by atoms with Crippen molar-refractivity contribution in [3.8, 4) is 0 Å². The molecule has 0 aliphatic carbocycles. The van der Waals surface area contributed by atoms with Crippen LogP contribution < -0.4 is 10.6 Å². The second-order valence-corrected chi connectivity index (χ2v) is 5.67. The normalized spacial score (nSPS) is 21.6. The van der Waals surface area contributed by atoms with Gasteiger partial charge in [0.15, 0.2) is 0 Å². The summed E-state index contributed by atoms with van der Waals surface area (Å²) in [7, 11) is 0. The van der Waals surface area contributed by atoms with Crippen molar-refractivity contribution in [3.63, 3.8) is 0 Å². The third kappa shape index (κ3) is 3.86. The van der Waals surface area contributed by atoms with Gasteiger partial charge in [-0.25, -0.2) is 9.59 Å². The predicted octanol–water partition coefficient (Wildman–Crippen LogP) is 2.73. The monoisotopic (exact) mass is 312 g/mol. The van der Waals surface area contributed by atoms with Gasteiger partial charge in [-0.3, -0.25) is 0 Å². The average molecular weight is 313 g/mol. The van der Waals surface area contributed by atoms with Crippen molar-refractivity contribution in [3.05, 3.63) is 28.8 Å². The quantitative estimate of drug-likeness (QED) is 0.800. The molecule has 0 radical (unpaired) electrons. The van der Waals surface area contributed by atoms with Crippen LogP contribution in [0.2, 0.25) is 5.02 Å². The van der Waals surface area contributed by atoms with Crippen molar-refractivity contribution in [2.45, 2.75) is 25.3 Å². The summed E-state index contributed by atoms with van der Waals surface area (Å²) in [6, 6.07) is 4.06. The number of hydrogen-bond donors (Lipinski definition) is 3. The Labute approximate surface area is 127 Å². The number of aromatic carboxylic acids is 1. The second kappa shape index (κ2) is 6.32. The maximum atomic E-state index is 12.1. The van der Waals surface area contributed by atoms with E-state index in [9.17, 15) is 9.59 Å². The van der Waals surface area contributed by atoms with Crippen LogP contribution in [0, 0.1) is 0 Å². The molecule has 7 heteroatoms. The molecule has 1 heterocycles.